The molecule has 90 valence electrons. The fraction of sp³-hybridized carbons (Fsp3) is 1.00. The number of hydrogen-bond donors (Lipinski definition) is 0. The largest absolute Gasteiger partial charge is 0.378 e. The molecule has 0 bridgehead atoms. The molecule has 0 amide bonds. The van der Waals surface area contributed by atoms with Crippen molar-refractivity contribution in [3.8, 4) is 0 Å². The molecule has 0 aliphatic heterocycles. The van der Waals surface area contributed by atoms with E-state index in [9.17, 15) is 0 Å². The van der Waals surface area contributed by atoms with Crippen molar-refractivity contribution in [2.45, 2.75) is 52.6 Å². The quantitative estimate of drug-likeness (QED) is 0.513. The zero-order chi connectivity index (χ0) is 11.3. The molecule has 0 aromatic carbocycles. The van der Waals surface area contributed by atoms with E-state index in [0.29, 0.717) is 12.0 Å². The smallest absolute Gasteiger partial charge is 0.0608 e. The van der Waals surface area contributed by atoms with Gasteiger partial charge in [0.05, 0.1) is 6.10 Å². The van der Waals surface area contributed by atoms with E-state index < -0.39 is 0 Å². The molecule has 0 saturated heterocycles. The van der Waals surface area contributed by atoms with Crippen LogP contribution >= 0.6 is 11.6 Å². The first-order valence-electron chi connectivity index (χ1n) is 6.32. The third-order valence-corrected chi connectivity index (χ3v) is 3.84. The number of rotatable bonds is 5. The van der Waals surface area contributed by atoms with Gasteiger partial charge in [-0.15, -0.1) is 11.6 Å². The Labute approximate surface area is 99.5 Å². The van der Waals surface area contributed by atoms with Crippen molar-refractivity contribution in [1.82, 2.24) is 0 Å². The van der Waals surface area contributed by atoms with Gasteiger partial charge in [0, 0.05) is 12.5 Å². The summed E-state index contributed by atoms with van der Waals surface area (Å²) in [5.41, 5.74) is 0. The maximum Gasteiger partial charge on any atom is 0.0608 e. The van der Waals surface area contributed by atoms with Crippen LogP contribution in [0.2, 0.25) is 0 Å². The van der Waals surface area contributed by atoms with Crippen LogP contribution < -0.4 is 0 Å². The highest BCUT2D eigenvalue weighted by Crippen LogP contribution is 2.35. The highest BCUT2D eigenvalue weighted by atomic mass is 35.5. The lowest BCUT2D eigenvalue weighted by Gasteiger charge is -2.37. The standard InChI is InChI=1S/C13H25ClO/c1-10(2)12-6-5-11(3)9-13(12)15-8-4-7-14/h10-13H,4-9H2,1-3H3. The van der Waals surface area contributed by atoms with Gasteiger partial charge in [-0.2, -0.15) is 0 Å². The van der Waals surface area contributed by atoms with Gasteiger partial charge in [0.15, 0.2) is 0 Å². The van der Waals surface area contributed by atoms with Crippen LogP contribution in [0.1, 0.15) is 46.5 Å². The molecule has 1 aliphatic rings. The molecule has 3 unspecified atom stereocenters. The van der Waals surface area contributed by atoms with Gasteiger partial charge >= 0.3 is 0 Å². The second-order valence-electron chi connectivity index (χ2n) is 5.28. The van der Waals surface area contributed by atoms with Crippen LogP contribution in [-0.2, 0) is 4.74 Å². The van der Waals surface area contributed by atoms with Crippen molar-refractivity contribution in [3.63, 3.8) is 0 Å². The average molecular weight is 233 g/mol. The summed E-state index contributed by atoms with van der Waals surface area (Å²) in [6.07, 6.45) is 5.42. The van der Waals surface area contributed by atoms with Gasteiger partial charge in [-0.25, -0.2) is 0 Å². The highest BCUT2D eigenvalue weighted by molar-refractivity contribution is 6.17. The van der Waals surface area contributed by atoms with Crippen molar-refractivity contribution in [1.29, 1.82) is 0 Å². The predicted molar refractivity (Wildman–Crippen MR) is 66.4 cm³/mol. The van der Waals surface area contributed by atoms with Gasteiger partial charge in [-0.1, -0.05) is 27.2 Å². The molecule has 0 N–H and O–H groups in total. The molecule has 0 radical (unpaired) electrons. The summed E-state index contributed by atoms with van der Waals surface area (Å²) in [6, 6.07) is 0. The summed E-state index contributed by atoms with van der Waals surface area (Å²) in [5.74, 6) is 3.06. The molecule has 2 heteroatoms. The minimum atomic E-state index is 0.483. The second-order valence-corrected chi connectivity index (χ2v) is 5.66. The van der Waals surface area contributed by atoms with Crippen molar-refractivity contribution < 1.29 is 4.74 Å². The van der Waals surface area contributed by atoms with E-state index in [2.05, 4.69) is 20.8 Å². The van der Waals surface area contributed by atoms with Crippen LogP contribution in [-0.4, -0.2) is 18.6 Å². The Morgan fingerprint density at radius 1 is 1.33 bits per heavy atom. The third-order valence-electron chi connectivity index (χ3n) is 3.57. The fourth-order valence-corrected chi connectivity index (χ4v) is 2.70. The molecule has 0 aromatic rings. The lowest BCUT2D eigenvalue weighted by molar-refractivity contribution is -0.0377. The Balaban J connectivity index is 2.39. The van der Waals surface area contributed by atoms with Crippen LogP contribution in [0.4, 0.5) is 0 Å². The maximum atomic E-state index is 5.98. The molecule has 1 fully saturated rings. The first-order chi connectivity index (χ1) is 7.15. The Morgan fingerprint density at radius 2 is 2.07 bits per heavy atom. The topological polar surface area (TPSA) is 9.23 Å². The molecule has 0 heterocycles. The van der Waals surface area contributed by atoms with Crippen LogP contribution in [0.25, 0.3) is 0 Å². The molecular formula is C13H25ClO. The van der Waals surface area contributed by atoms with Crippen molar-refractivity contribution in [3.05, 3.63) is 0 Å². The van der Waals surface area contributed by atoms with Crippen molar-refractivity contribution >= 4 is 11.6 Å². The van der Waals surface area contributed by atoms with Crippen LogP contribution in [0.5, 0.6) is 0 Å². The van der Waals surface area contributed by atoms with E-state index in [1.165, 1.54) is 19.3 Å². The third kappa shape index (κ3) is 4.32. The summed E-state index contributed by atoms with van der Waals surface area (Å²) >= 11 is 5.67. The average Bonchev–Trinajstić information content (AvgIpc) is 2.18. The van der Waals surface area contributed by atoms with Crippen LogP contribution in [0.15, 0.2) is 0 Å². The molecule has 0 aromatic heterocycles. The summed E-state index contributed by atoms with van der Waals surface area (Å²) in [7, 11) is 0. The highest BCUT2D eigenvalue weighted by Gasteiger charge is 2.30. The van der Waals surface area contributed by atoms with Gasteiger partial charge < -0.3 is 4.74 Å². The van der Waals surface area contributed by atoms with E-state index in [1.54, 1.807) is 0 Å². The maximum absolute atomic E-state index is 5.98. The first-order valence-corrected chi connectivity index (χ1v) is 6.86. The molecule has 3 atom stereocenters. The molecular weight excluding hydrogens is 208 g/mol. The van der Waals surface area contributed by atoms with Gasteiger partial charge in [0.2, 0.25) is 0 Å². The zero-order valence-corrected chi connectivity index (χ0v) is 11.1. The molecule has 15 heavy (non-hydrogen) atoms. The van der Waals surface area contributed by atoms with E-state index in [4.69, 9.17) is 16.3 Å². The molecule has 0 spiro atoms. The summed E-state index contributed by atoms with van der Waals surface area (Å²) in [6.45, 7) is 7.82. The fourth-order valence-electron chi connectivity index (χ4n) is 2.60. The van der Waals surface area contributed by atoms with Crippen molar-refractivity contribution in [2.75, 3.05) is 12.5 Å². The number of alkyl halides is 1. The van der Waals surface area contributed by atoms with Crippen LogP contribution in [0.3, 0.4) is 0 Å². The summed E-state index contributed by atoms with van der Waals surface area (Å²) in [5, 5.41) is 0. The second kappa shape index (κ2) is 6.75. The lowest BCUT2D eigenvalue weighted by Crippen LogP contribution is -2.34. The Kier molecular flexibility index (Phi) is 5.99. The zero-order valence-electron chi connectivity index (χ0n) is 10.3. The predicted octanol–water partition coefficient (Wildman–Crippen LogP) is 4.09. The molecule has 1 rings (SSSR count). The van der Waals surface area contributed by atoms with Gasteiger partial charge in [0.1, 0.15) is 0 Å². The Morgan fingerprint density at radius 3 is 2.67 bits per heavy atom. The Hall–Kier alpha value is 0.250. The number of halogens is 1. The van der Waals surface area contributed by atoms with E-state index in [-0.39, 0.29) is 0 Å². The lowest BCUT2D eigenvalue weighted by atomic mass is 9.75. The first kappa shape index (κ1) is 13.3. The van der Waals surface area contributed by atoms with E-state index in [1.807, 2.05) is 0 Å². The van der Waals surface area contributed by atoms with Crippen LogP contribution in [0, 0.1) is 17.8 Å². The summed E-state index contributed by atoms with van der Waals surface area (Å²) < 4.78 is 5.98. The van der Waals surface area contributed by atoms with E-state index in [0.717, 1.165) is 30.8 Å². The normalized spacial score (nSPS) is 32.2. The molecule has 1 aliphatic carbocycles. The van der Waals surface area contributed by atoms with Gasteiger partial charge in [-0.05, 0) is 37.0 Å². The summed E-state index contributed by atoms with van der Waals surface area (Å²) in [4.78, 5) is 0. The molecule has 1 nitrogen and oxygen atoms in total. The number of hydrogen-bond acceptors (Lipinski definition) is 1. The minimum Gasteiger partial charge on any atom is -0.378 e. The Bertz CT molecular complexity index is 170. The number of ether oxygens (including phenoxy) is 1. The monoisotopic (exact) mass is 232 g/mol. The van der Waals surface area contributed by atoms with Crippen molar-refractivity contribution in [2.24, 2.45) is 17.8 Å². The van der Waals surface area contributed by atoms with Gasteiger partial charge in [0.25, 0.3) is 0 Å². The minimum absolute atomic E-state index is 0.483. The SMILES string of the molecule is CC1CCC(C(C)C)C(OCCCCl)C1. The van der Waals surface area contributed by atoms with Gasteiger partial charge in [-0.3, -0.25) is 0 Å². The van der Waals surface area contributed by atoms with E-state index >= 15 is 0 Å². The molecule has 1 saturated carbocycles.